The fraction of sp³-hybridized carbons (Fsp3) is 0.348. The third kappa shape index (κ3) is 4.47. The monoisotopic (exact) mass is 441 g/mol. The molecule has 1 atom stereocenters. The second-order valence-corrected chi connectivity index (χ2v) is 8.09. The molecule has 1 aliphatic heterocycles. The first kappa shape index (κ1) is 21.9. The SMILES string of the molecule is Cc1nc(N[C@H](C)c2cc(N)cc(C(C)(F)F)c2)c2cc(C3=CCOCC3)c(=O)[nH]c2n1. The van der Waals surface area contributed by atoms with E-state index in [-0.39, 0.29) is 22.9 Å². The maximum Gasteiger partial charge on any atom is 0.270 e. The van der Waals surface area contributed by atoms with Crippen LogP contribution in [0.3, 0.4) is 0 Å². The number of nitrogen functional groups attached to an aromatic ring is 1. The molecule has 0 amide bonds. The number of alkyl halides is 2. The largest absolute Gasteiger partial charge is 0.399 e. The molecule has 1 aliphatic rings. The zero-order chi connectivity index (χ0) is 23.0. The lowest BCUT2D eigenvalue weighted by atomic mass is 10.0. The van der Waals surface area contributed by atoms with Crippen molar-refractivity contribution >= 4 is 28.1 Å². The van der Waals surface area contributed by atoms with Crippen LogP contribution in [-0.4, -0.2) is 28.2 Å². The predicted octanol–water partition coefficient (Wildman–Crippen LogP) is 4.30. The van der Waals surface area contributed by atoms with Crippen LogP contribution in [0, 0.1) is 6.92 Å². The van der Waals surface area contributed by atoms with Gasteiger partial charge in [0.05, 0.1) is 24.6 Å². The molecule has 4 rings (SSSR count). The normalized spacial score (nSPS) is 15.5. The number of benzene rings is 1. The lowest BCUT2D eigenvalue weighted by molar-refractivity contribution is 0.0174. The lowest BCUT2D eigenvalue weighted by Crippen LogP contribution is -2.17. The fourth-order valence-corrected chi connectivity index (χ4v) is 3.79. The predicted molar refractivity (Wildman–Crippen MR) is 121 cm³/mol. The van der Waals surface area contributed by atoms with Gasteiger partial charge in [-0.25, -0.2) is 18.7 Å². The molecule has 0 spiro atoms. The molecule has 2 aromatic heterocycles. The van der Waals surface area contributed by atoms with Gasteiger partial charge in [0, 0.05) is 23.7 Å². The first-order valence-electron chi connectivity index (χ1n) is 10.4. The number of ether oxygens (including phenoxy) is 1. The lowest BCUT2D eigenvalue weighted by Gasteiger charge is -2.20. The van der Waals surface area contributed by atoms with Crippen LogP contribution in [-0.2, 0) is 10.7 Å². The van der Waals surface area contributed by atoms with Crippen molar-refractivity contribution < 1.29 is 13.5 Å². The summed E-state index contributed by atoms with van der Waals surface area (Å²) < 4.78 is 33.1. The Morgan fingerprint density at radius 2 is 2.03 bits per heavy atom. The van der Waals surface area contributed by atoms with Gasteiger partial charge in [-0.2, -0.15) is 0 Å². The van der Waals surface area contributed by atoms with E-state index < -0.39 is 5.92 Å². The second-order valence-electron chi connectivity index (χ2n) is 8.09. The molecule has 1 aromatic carbocycles. The minimum absolute atomic E-state index is 0.150. The fourth-order valence-electron chi connectivity index (χ4n) is 3.79. The molecule has 0 unspecified atom stereocenters. The average Bonchev–Trinajstić information content (AvgIpc) is 2.72. The summed E-state index contributed by atoms with van der Waals surface area (Å²) in [6.45, 7) is 5.41. The molecule has 9 heteroatoms. The van der Waals surface area contributed by atoms with Gasteiger partial charge in [0.15, 0.2) is 0 Å². The molecule has 3 aromatic rings. The summed E-state index contributed by atoms with van der Waals surface area (Å²) in [5.74, 6) is -2.04. The summed E-state index contributed by atoms with van der Waals surface area (Å²) in [7, 11) is 0. The zero-order valence-electron chi connectivity index (χ0n) is 18.1. The topological polar surface area (TPSA) is 106 Å². The van der Waals surface area contributed by atoms with Crippen LogP contribution in [0.1, 0.15) is 48.8 Å². The number of H-pyrrole nitrogens is 1. The first-order chi connectivity index (χ1) is 15.1. The number of rotatable bonds is 5. The molecule has 168 valence electrons. The summed E-state index contributed by atoms with van der Waals surface area (Å²) in [6.07, 6.45) is 2.53. The highest BCUT2D eigenvalue weighted by molar-refractivity contribution is 5.89. The number of nitrogens with one attached hydrogen (secondary N) is 2. The van der Waals surface area contributed by atoms with Crippen LogP contribution in [0.2, 0.25) is 0 Å². The zero-order valence-corrected chi connectivity index (χ0v) is 18.1. The van der Waals surface area contributed by atoms with Gasteiger partial charge in [-0.15, -0.1) is 0 Å². The number of anilines is 2. The summed E-state index contributed by atoms with van der Waals surface area (Å²) >= 11 is 0. The van der Waals surface area contributed by atoms with Crippen molar-refractivity contribution in [3.8, 4) is 0 Å². The molecule has 0 fully saturated rings. The second kappa shape index (κ2) is 8.31. The van der Waals surface area contributed by atoms with E-state index in [1.165, 1.54) is 12.1 Å². The Labute approximate surface area is 183 Å². The van der Waals surface area contributed by atoms with Crippen molar-refractivity contribution in [3.63, 3.8) is 0 Å². The Kier molecular flexibility index (Phi) is 5.68. The van der Waals surface area contributed by atoms with E-state index in [1.54, 1.807) is 19.1 Å². The smallest absolute Gasteiger partial charge is 0.270 e. The minimum atomic E-state index is -3.01. The minimum Gasteiger partial charge on any atom is -0.399 e. The highest BCUT2D eigenvalue weighted by Gasteiger charge is 2.26. The molecule has 4 N–H and O–H groups in total. The van der Waals surface area contributed by atoms with Crippen LogP contribution in [0.15, 0.2) is 35.1 Å². The van der Waals surface area contributed by atoms with Crippen LogP contribution in [0.25, 0.3) is 16.6 Å². The number of halogens is 2. The van der Waals surface area contributed by atoms with Crippen LogP contribution in [0.4, 0.5) is 20.3 Å². The molecule has 0 radical (unpaired) electrons. The average molecular weight is 441 g/mol. The molecular formula is C23H25F2N5O2. The molecule has 0 aliphatic carbocycles. The highest BCUT2D eigenvalue weighted by atomic mass is 19.3. The van der Waals surface area contributed by atoms with Gasteiger partial charge in [0.25, 0.3) is 11.5 Å². The van der Waals surface area contributed by atoms with Crippen LogP contribution < -0.4 is 16.6 Å². The van der Waals surface area contributed by atoms with E-state index in [0.29, 0.717) is 53.4 Å². The van der Waals surface area contributed by atoms with Gasteiger partial charge in [0.1, 0.15) is 17.3 Å². The molecule has 3 heterocycles. The number of aryl methyl sites for hydroxylation is 1. The standard InChI is InChI=1S/C23H25F2N5O2/c1-12(15-8-16(23(3,24)25)10-17(26)9-15)27-20-19-11-18(14-4-6-32-7-5-14)22(31)30-21(19)29-13(2)28-20/h4,8-12H,5-7,26H2,1-3H3,(H2,27,28,29,30,31)/t12-/m1/s1. The van der Waals surface area contributed by atoms with E-state index in [1.807, 2.05) is 13.0 Å². The van der Waals surface area contributed by atoms with Gasteiger partial charge in [-0.3, -0.25) is 4.79 Å². The number of fused-ring (bicyclic) bond motifs is 1. The van der Waals surface area contributed by atoms with Gasteiger partial charge in [-0.1, -0.05) is 6.08 Å². The van der Waals surface area contributed by atoms with Crippen LogP contribution in [0.5, 0.6) is 0 Å². The van der Waals surface area contributed by atoms with Crippen molar-refractivity contribution in [2.75, 3.05) is 24.3 Å². The Bertz CT molecular complexity index is 1260. The van der Waals surface area contributed by atoms with Crippen molar-refractivity contribution in [1.29, 1.82) is 0 Å². The van der Waals surface area contributed by atoms with Gasteiger partial charge >= 0.3 is 0 Å². The maximum atomic E-state index is 13.9. The van der Waals surface area contributed by atoms with Gasteiger partial charge in [-0.05, 0) is 55.7 Å². The molecule has 0 saturated carbocycles. The third-order valence-electron chi connectivity index (χ3n) is 5.47. The summed E-state index contributed by atoms with van der Waals surface area (Å²) in [6, 6.07) is 5.76. The van der Waals surface area contributed by atoms with Gasteiger partial charge in [0.2, 0.25) is 0 Å². The Hall–Kier alpha value is -3.33. The number of pyridine rings is 1. The highest BCUT2D eigenvalue weighted by Crippen LogP contribution is 2.32. The Morgan fingerprint density at radius 1 is 1.25 bits per heavy atom. The Morgan fingerprint density at radius 3 is 2.72 bits per heavy atom. The van der Waals surface area contributed by atoms with E-state index in [0.717, 1.165) is 12.5 Å². The first-order valence-corrected chi connectivity index (χ1v) is 10.4. The van der Waals surface area contributed by atoms with Crippen molar-refractivity contribution in [1.82, 2.24) is 15.0 Å². The summed E-state index contributed by atoms with van der Waals surface area (Å²) in [5, 5.41) is 3.91. The van der Waals surface area contributed by atoms with Crippen molar-refractivity contribution in [2.45, 2.75) is 39.2 Å². The number of hydrogen-bond acceptors (Lipinski definition) is 6. The molecule has 7 nitrogen and oxygen atoms in total. The van der Waals surface area contributed by atoms with Gasteiger partial charge < -0.3 is 20.8 Å². The van der Waals surface area contributed by atoms with Crippen molar-refractivity contribution in [3.05, 3.63) is 63.2 Å². The van der Waals surface area contributed by atoms with E-state index in [9.17, 15) is 13.6 Å². The third-order valence-corrected chi connectivity index (χ3v) is 5.47. The number of aromatic nitrogens is 3. The number of nitrogens with zero attached hydrogens (tertiary/aromatic N) is 2. The number of hydrogen-bond donors (Lipinski definition) is 3. The number of aromatic amines is 1. The van der Waals surface area contributed by atoms with E-state index in [2.05, 4.69) is 20.3 Å². The van der Waals surface area contributed by atoms with E-state index >= 15 is 0 Å². The maximum absolute atomic E-state index is 13.9. The molecule has 0 saturated heterocycles. The molecule has 0 bridgehead atoms. The molecule has 32 heavy (non-hydrogen) atoms. The quantitative estimate of drug-likeness (QED) is 0.510. The van der Waals surface area contributed by atoms with E-state index in [4.69, 9.17) is 10.5 Å². The molecular weight excluding hydrogens is 416 g/mol. The van der Waals surface area contributed by atoms with Crippen molar-refractivity contribution in [2.24, 2.45) is 0 Å². The summed E-state index contributed by atoms with van der Waals surface area (Å²) in [4.78, 5) is 24.4. The van der Waals surface area contributed by atoms with Crippen LogP contribution >= 0.6 is 0 Å². The Balaban J connectivity index is 1.76. The number of nitrogens with two attached hydrogens (primary N) is 1. The summed E-state index contributed by atoms with van der Waals surface area (Å²) in [5.41, 5.74) is 8.21.